The van der Waals surface area contributed by atoms with E-state index >= 15 is 0 Å². The lowest BCUT2D eigenvalue weighted by Gasteiger charge is -2.22. The second-order valence-corrected chi connectivity index (χ2v) is 6.94. The molecule has 2 aromatic heterocycles. The van der Waals surface area contributed by atoms with Crippen LogP contribution in [0.4, 0.5) is 0 Å². The van der Waals surface area contributed by atoms with E-state index in [0.29, 0.717) is 5.92 Å². The molecule has 1 atom stereocenters. The topological polar surface area (TPSA) is 49.0 Å². The fourth-order valence-corrected chi connectivity index (χ4v) is 3.73. The van der Waals surface area contributed by atoms with Crippen LogP contribution in [-0.2, 0) is 0 Å². The third-order valence-corrected chi connectivity index (χ3v) is 5.22. The number of rotatable bonds is 3. The molecule has 0 bridgehead atoms. The SMILES string of the molecule is Cc1cnc(C2CCCN2C(=O)c2csc(C(C)C)c2)[nH]1. The quantitative estimate of drug-likeness (QED) is 0.935. The predicted octanol–water partition coefficient (Wildman–Crippen LogP) is 3.88. The summed E-state index contributed by atoms with van der Waals surface area (Å²) in [5.74, 6) is 1.52. The Morgan fingerprint density at radius 2 is 2.33 bits per heavy atom. The summed E-state index contributed by atoms with van der Waals surface area (Å²) in [6.07, 6.45) is 3.86. The number of likely N-dealkylation sites (tertiary alicyclic amines) is 1. The van der Waals surface area contributed by atoms with Gasteiger partial charge < -0.3 is 9.88 Å². The third-order valence-electron chi connectivity index (χ3n) is 3.99. The summed E-state index contributed by atoms with van der Waals surface area (Å²) in [5.41, 5.74) is 1.86. The first-order chi connectivity index (χ1) is 10.1. The maximum Gasteiger partial charge on any atom is 0.255 e. The predicted molar refractivity (Wildman–Crippen MR) is 84.7 cm³/mol. The summed E-state index contributed by atoms with van der Waals surface area (Å²) in [6, 6.07) is 2.13. The van der Waals surface area contributed by atoms with Crippen molar-refractivity contribution < 1.29 is 4.79 Å². The minimum Gasteiger partial charge on any atom is -0.344 e. The average Bonchev–Trinajstić information content (AvgIpc) is 3.17. The largest absolute Gasteiger partial charge is 0.344 e. The van der Waals surface area contributed by atoms with Crippen molar-refractivity contribution in [3.8, 4) is 0 Å². The van der Waals surface area contributed by atoms with Gasteiger partial charge in [-0.15, -0.1) is 11.3 Å². The molecule has 0 spiro atoms. The molecule has 1 unspecified atom stereocenters. The zero-order chi connectivity index (χ0) is 15.0. The number of aromatic nitrogens is 2. The first-order valence-electron chi connectivity index (χ1n) is 7.47. The molecule has 21 heavy (non-hydrogen) atoms. The maximum atomic E-state index is 12.8. The molecule has 112 valence electrons. The summed E-state index contributed by atoms with van der Waals surface area (Å²) in [5, 5.41) is 1.99. The molecule has 1 amide bonds. The number of aryl methyl sites for hydroxylation is 1. The fourth-order valence-electron chi connectivity index (χ4n) is 2.83. The highest BCUT2D eigenvalue weighted by Crippen LogP contribution is 2.33. The first-order valence-corrected chi connectivity index (χ1v) is 8.35. The number of imidazole rings is 1. The summed E-state index contributed by atoms with van der Waals surface area (Å²) >= 11 is 1.67. The van der Waals surface area contributed by atoms with Crippen LogP contribution in [0.2, 0.25) is 0 Å². The van der Waals surface area contributed by atoms with Gasteiger partial charge in [0.25, 0.3) is 5.91 Å². The molecule has 1 fully saturated rings. The van der Waals surface area contributed by atoms with E-state index in [2.05, 4.69) is 23.8 Å². The standard InChI is InChI=1S/C16H21N3OS/c1-10(2)14-7-12(9-21-14)16(20)19-6-4-5-13(19)15-17-8-11(3)18-15/h7-10,13H,4-6H2,1-3H3,(H,17,18). The van der Waals surface area contributed by atoms with Gasteiger partial charge in [-0.1, -0.05) is 13.8 Å². The number of hydrogen-bond donors (Lipinski definition) is 1. The van der Waals surface area contributed by atoms with Gasteiger partial charge in [0.1, 0.15) is 5.82 Å². The van der Waals surface area contributed by atoms with Crippen molar-refractivity contribution in [2.75, 3.05) is 6.54 Å². The molecule has 1 aliphatic heterocycles. The Labute approximate surface area is 129 Å². The van der Waals surface area contributed by atoms with Gasteiger partial charge >= 0.3 is 0 Å². The Kier molecular flexibility index (Phi) is 3.85. The summed E-state index contributed by atoms with van der Waals surface area (Å²) in [7, 11) is 0. The van der Waals surface area contributed by atoms with E-state index in [1.54, 1.807) is 11.3 Å². The lowest BCUT2D eigenvalue weighted by molar-refractivity contribution is 0.0731. The van der Waals surface area contributed by atoms with Crippen molar-refractivity contribution in [1.82, 2.24) is 14.9 Å². The van der Waals surface area contributed by atoms with Gasteiger partial charge in [-0.2, -0.15) is 0 Å². The Bertz CT molecular complexity index is 643. The van der Waals surface area contributed by atoms with Gasteiger partial charge in [0.05, 0.1) is 11.6 Å². The molecule has 3 rings (SSSR count). The maximum absolute atomic E-state index is 12.8. The van der Waals surface area contributed by atoms with Crippen molar-refractivity contribution in [2.45, 2.75) is 45.6 Å². The molecule has 3 heterocycles. The Hall–Kier alpha value is -1.62. The second kappa shape index (κ2) is 5.64. The second-order valence-electron chi connectivity index (χ2n) is 6.00. The summed E-state index contributed by atoms with van der Waals surface area (Å²) < 4.78 is 0. The van der Waals surface area contributed by atoms with Gasteiger partial charge in [-0.3, -0.25) is 4.79 Å². The van der Waals surface area contributed by atoms with Gasteiger partial charge in [0.15, 0.2) is 0 Å². The first kappa shape index (κ1) is 14.3. The van der Waals surface area contributed by atoms with Crippen LogP contribution in [0.5, 0.6) is 0 Å². The van der Waals surface area contributed by atoms with E-state index < -0.39 is 0 Å². The van der Waals surface area contributed by atoms with Gasteiger partial charge in [0.2, 0.25) is 0 Å². The highest BCUT2D eigenvalue weighted by atomic mass is 32.1. The van der Waals surface area contributed by atoms with E-state index in [0.717, 1.165) is 36.5 Å². The van der Waals surface area contributed by atoms with Gasteiger partial charge in [0, 0.05) is 28.7 Å². The number of thiophene rings is 1. The molecular formula is C16H21N3OS. The number of carbonyl (C=O) groups is 1. The van der Waals surface area contributed by atoms with E-state index in [1.165, 1.54) is 4.88 Å². The minimum absolute atomic E-state index is 0.0913. The van der Waals surface area contributed by atoms with Crippen LogP contribution >= 0.6 is 11.3 Å². The van der Waals surface area contributed by atoms with E-state index in [1.807, 2.05) is 29.5 Å². The monoisotopic (exact) mass is 303 g/mol. The van der Waals surface area contributed by atoms with Crippen molar-refractivity contribution in [2.24, 2.45) is 0 Å². The molecule has 1 saturated heterocycles. The van der Waals surface area contributed by atoms with Crippen LogP contribution in [0.1, 0.15) is 65.4 Å². The van der Waals surface area contributed by atoms with Crippen molar-refractivity contribution in [3.05, 3.63) is 39.6 Å². The number of amides is 1. The number of hydrogen-bond acceptors (Lipinski definition) is 3. The molecule has 4 nitrogen and oxygen atoms in total. The van der Waals surface area contributed by atoms with Crippen molar-refractivity contribution >= 4 is 17.2 Å². The number of H-pyrrole nitrogens is 1. The number of carbonyl (C=O) groups excluding carboxylic acids is 1. The molecule has 0 saturated carbocycles. The van der Waals surface area contributed by atoms with Crippen LogP contribution in [0.15, 0.2) is 17.6 Å². The molecular weight excluding hydrogens is 282 g/mol. The van der Waals surface area contributed by atoms with Gasteiger partial charge in [-0.25, -0.2) is 4.98 Å². The number of aromatic amines is 1. The number of nitrogens with one attached hydrogen (secondary N) is 1. The van der Waals surface area contributed by atoms with E-state index in [9.17, 15) is 4.79 Å². The normalized spacial score (nSPS) is 18.7. The Morgan fingerprint density at radius 3 is 2.95 bits per heavy atom. The van der Waals surface area contributed by atoms with Crippen LogP contribution in [0, 0.1) is 6.92 Å². The molecule has 1 N–H and O–H groups in total. The molecule has 0 radical (unpaired) electrons. The van der Waals surface area contributed by atoms with Crippen LogP contribution in [-0.4, -0.2) is 27.3 Å². The highest BCUT2D eigenvalue weighted by Gasteiger charge is 2.32. The Morgan fingerprint density at radius 1 is 1.52 bits per heavy atom. The van der Waals surface area contributed by atoms with Crippen molar-refractivity contribution in [3.63, 3.8) is 0 Å². The van der Waals surface area contributed by atoms with E-state index in [-0.39, 0.29) is 11.9 Å². The minimum atomic E-state index is 0.0913. The average molecular weight is 303 g/mol. The zero-order valence-corrected chi connectivity index (χ0v) is 13.5. The van der Waals surface area contributed by atoms with Crippen LogP contribution < -0.4 is 0 Å². The lowest BCUT2D eigenvalue weighted by atomic mass is 10.1. The summed E-state index contributed by atoms with van der Waals surface area (Å²) in [6.45, 7) is 7.12. The number of nitrogens with zero attached hydrogens (tertiary/aromatic N) is 2. The van der Waals surface area contributed by atoms with Gasteiger partial charge in [-0.05, 0) is 31.7 Å². The molecule has 5 heteroatoms. The van der Waals surface area contributed by atoms with Crippen LogP contribution in [0.3, 0.4) is 0 Å². The van der Waals surface area contributed by atoms with E-state index in [4.69, 9.17) is 0 Å². The fraction of sp³-hybridized carbons (Fsp3) is 0.500. The molecule has 2 aromatic rings. The molecule has 1 aliphatic rings. The highest BCUT2D eigenvalue weighted by molar-refractivity contribution is 7.10. The Balaban J connectivity index is 1.82. The molecule has 0 aliphatic carbocycles. The molecule has 0 aromatic carbocycles. The smallest absolute Gasteiger partial charge is 0.255 e. The van der Waals surface area contributed by atoms with Crippen molar-refractivity contribution in [1.29, 1.82) is 0 Å². The third kappa shape index (κ3) is 2.75. The lowest BCUT2D eigenvalue weighted by Crippen LogP contribution is -2.30. The summed E-state index contributed by atoms with van der Waals surface area (Å²) in [4.78, 5) is 23.7. The van der Waals surface area contributed by atoms with Crippen LogP contribution in [0.25, 0.3) is 0 Å². The zero-order valence-electron chi connectivity index (χ0n) is 12.7.